The summed E-state index contributed by atoms with van der Waals surface area (Å²) in [6.07, 6.45) is 0.686. The first-order valence-corrected chi connectivity index (χ1v) is 12.4. The van der Waals surface area contributed by atoms with Crippen LogP contribution in [0.25, 0.3) is 0 Å². The van der Waals surface area contributed by atoms with Gasteiger partial charge in [0.25, 0.3) is 5.91 Å². The van der Waals surface area contributed by atoms with Gasteiger partial charge in [-0.15, -0.1) is 0 Å². The zero-order valence-electron chi connectivity index (χ0n) is 19.5. The van der Waals surface area contributed by atoms with Crippen LogP contribution in [0.3, 0.4) is 0 Å². The average Bonchev–Trinajstić information content (AvgIpc) is 3.18. The Bertz CT molecular complexity index is 1200. The van der Waals surface area contributed by atoms with E-state index in [2.05, 4.69) is 20.6 Å². The summed E-state index contributed by atoms with van der Waals surface area (Å²) in [5.41, 5.74) is 2.10. The van der Waals surface area contributed by atoms with Crippen molar-refractivity contribution < 1.29 is 18.8 Å². The van der Waals surface area contributed by atoms with E-state index in [0.29, 0.717) is 22.3 Å². The largest absolute Gasteiger partial charge is 0.353 e. The molecule has 2 N–H and O–H groups in total. The van der Waals surface area contributed by atoms with E-state index >= 15 is 0 Å². The highest BCUT2D eigenvalue weighted by molar-refractivity contribution is 8.14. The summed E-state index contributed by atoms with van der Waals surface area (Å²) in [4.78, 5) is 48.7. The van der Waals surface area contributed by atoms with E-state index in [1.54, 1.807) is 12.1 Å². The number of thioether (sulfide) groups is 1. The first-order chi connectivity index (χ1) is 16.9. The number of benzene rings is 2. The van der Waals surface area contributed by atoms with Crippen LogP contribution < -0.4 is 10.6 Å². The number of carbonyl (C=O) groups is 3. The van der Waals surface area contributed by atoms with E-state index in [1.165, 1.54) is 17.0 Å². The predicted octanol–water partition coefficient (Wildman–Crippen LogP) is 3.14. The molecular formula is C25H26FN5O3S. The van der Waals surface area contributed by atoms with Crippen LogP contribution in [0.1, 0.15) is 37.8 Å². The molecule has 182 valence electrons. The number of nitrogens with one attached hydrogen (secondary N) is 2. The topological polar surface area (TPSA) is 103 Å². The Morgan fingerprint density at radius 1 is 1.14 bits per heavy atom. The molecule has 0 saturated carbocycles. The van der Waals surface area contributed by atoms with Crippen molar-refractivity contribution in [2.24, 2.45) is 9.98 Å². The maximum atomic E-state index is 13.3. The Labute approximate surface area is 207 Å². The van der Waals surface area contributed by atoms with Crippen LogP contribution in [0.2, 0.25) is 0 Å². The predicted molar refractivity (Wildman–Crippen MR) is 134 cm³/mol. The molecule has 4 rings (SSSR count). The van der Waals surface area contributed by atoms with Crippen molar-refractivity contribution in [2.75, 3.05) is 5.75 Å². The van der Waals surface area contributed by atoms with Gasteiger partial charge in [0.15, 0.2) is 5.17 Å². The second-order valence-electron chi connectivity index (χ2n) is 8.33. The van der Waals surface area contributed by atoms with Crippen molar-refractivity contribution in [3.63, 3.8) is 0 Å². The van der Waals surface area contributed by atoms with Gasteiger partial charge in [-0.1, -0.05) is 43.0 Å². The molecule has 2 aliphatic heterocycles. The molecule has 35 heavy (non-hydrogen) atoms. The number of hydrogen-bond donors (Lipinski definition) is 2. The van der Waals surface area contributed by atoms with Gasteiger partial charge < -0.3 is 10.6 Å². The quantitative estimate of drug-likeness (QED) is 0.587. The number of hydrogen-bond acceptors (Lipinski definition) is 6. The molecule has 8 nitrogen and oxygen atoms in total. The van der Waals surface area contributed by atoms with Crippen LogP contribution in [0, 0.1) is 5.82 Å². The molecule has 2 aromatic rings. The number of nitrogens with zero attached hydrogens (tertiary/aromatic N) is 3. The number of amidine groups is 2. The molecule has 0 bridgehead atoms. The summed E-state index contributed by atoms with van der Waals surface area (Å²) in [6.45, 7) is 4.14. The van der Waals surface area contributed by atoms with E-state index in [1.807, 2.05) is 38.1 Å². The molecule has 0 radical (unpaired) electrons. The van der Waals surface area contributed by atoms with Gasteiger partial charge in [-0.05, 0) is 43.2 Å². The number of rotatable bonds is 8. The molecule has 0 aromatic heterocycles. The van der Waals surface area contributed by atoms with Gasteiger partial charge in [-0.25, -0.2) is 14.3 Å². The van der Waals surface area contributed by atoms with Gasteiger partial charge in [-0.3, -0.25) is 19.4 Å². The Morgan fingerprint density at radius 2 is 1.89 bits per heavy atom. The lowest BCUT2D eigenvalue weighted by Crippen LogP contribution is -2.42. The standard InChI is InChI=1S/C25H26FN5O3S/c1-3-15(2)28-22(33)14-35-25-30-19-7-5-4-6-18(19)23-29-20(24(34)31(23)25)12-21(32)27-13-16-8-10-17(26)11-9-16/h4-11,15,20H,3,12-14H2,1-2H3,(H,27,32)(H,28,33)/t15-,20+/m0/s1. The third-order valence-corrected chi connectivity index (χ3v) is 6.62. The lowest BCUT2D eigenvalue weighted by Gasteiger charge is -2.25. The fourth-order valence-electron chi connectivity index (χ4n) is 3.63. The molecule has 0 aliphatic carbocycles. The number of halogens is 1. The molecular weight excluding hydrogens is 469 g/mol. The SMILES string of the molecule is CC[C@H](C)NC(=O)CSC1=Nc2ccccc2C2=N[C@H](CC(=O)NCc3ccc(F)cc3)C(=O)N12. The molecule has 0 spiro atoms. The number of fused-ring (bicyclic) bond motifs is 3. The molecule has 2 heterocycles. The summed E-state index contributed by atoms with van der Waals surface area (Å²) >= 11 is 1.16. The first kappa shape index (κ1) is 24.6. The summed E-state index contributed by atoms with van der Waals surface area (Å²) < 4.78 is 13.1. The molecule has 0 unspecified atom stereocenters. The Morgan fingerprint density at radius 3 is 2.63 bits per heavy atom. The van der Waals surface area contributed by atoms with E-state index in [0.717, 1.165) is 23.7 Å². The Hall–Kier alpha value is -3.53. The normalized spacial score (nSPS) is 17.2. The van der Waals surface area contributed by atoms with E-state index in [4.69, 9.17) is 0 Å². The minimum atomic E-state index is -0.899. The van der Waals surface area contributed by atoms with Crippen molar-refractivity contribution in [1.29, 1.82) is 0 Å². The van der Waals surface area contributed by atoms with Gasteiger partial charge in [0.1, 0.15) is 17.7 Å². The van der Waals surface area contributed by atoms with Gasteiger partial charge in [0.05, 0.1) is 17.9 Å². The van der Waals surface area contributed by atoms with Crippen LogP contribution in [0.4, 0.5) is 10.1 Å². The van der Waals surface area contributed by atoms with Crippen molar-refractivity contribution in [3.8, 4) is 0 Å². The van der Waals surface area contributed by atoms with Crippen molar-refractivity contribution in [2.45, 2.75) is 45.3 Å². The minimum Gasteiger partial charge on any atom is -0.353 e. The first-order valence-electron chi connectivity index (χ1n) is 11.4. The lowest BCUT2D eigenvalue weighted by molar-refractivity contribution is -0.128. The maximum absolute atomic E-state index is 13.3. The summed E-state index contributed by atoms with van der Waals surface area (Å²) in [6, 6.07) is 12.3. The number of carbonyl (C=O) groups excluding carboxylic acids is 3. The highest BCUT2D eigenvalue weighted by Gasteiger charge is 2.42. The molecule has 3 amide bonds. The zero-order valence-corrected chi connectivity index (χ0v) is 20.3. The fraction of sp³-hybridized carbons (Fsp3) is 0.320. The van der Waals surface area contributed by atoms with Crippen LogP contribution in [0.15, 0.2) is 58.5 Å². The average molecular weight is 496 g/mol. The van der Waals surface area contributed by atoms with E-state index in [-0.39, 0.29) is 48.3 Å². The third-order valence-electron chi connectivity index (χ3n) is 5.68. The second-order valence-corrected chi connectivity index (χ2v) is 9.27. The molecule has 2 aromatic carbocycles. The molecule has 2 aliphatic rings. The van der Waals surface area contributed by atoms with Crippen LogP contribution in [-0.2, 0) is 20.9 Å². The molecule has 0 saturated heterocycles. The monoisotopic (exact) mass is 495 g/mol. The highest BCUT2D eigenvalue weighted by Crippen LogP contribution is 2.34. The Kier molecular flexibility index (Phi) is 7.60. The van der Waals surface area contributed by atoms with Crippen molar-refractivity contribution in [1.82, 2.24) is 15.5 Å². The minimum absolute atomic E-state index is 0.0560. The summed E-state index contributed by atoms with van der Waals surface area (Å²) in [7, 11) is 0. The van der Waals surface area contributed by atoms with Crippen molar-refractivity contribution >= 4 is 46.2 Å². The number of amides is 3. The van der Waals surface area contributed by atoms with E-state index < -0.39 is 6.04 Å². The molecule has 10 heteroatoms. The number of para-hydroxylation sites is 1. The van der Waals surface area contributed by atoms with Gasteiger partial charge in [0.2, 0.25) is 11.8 Å². The van der Waals surface area contributed by atoms with Gasteiger partial charge in [0, 0.05) is 18.2 Å². The lowest BCUT2D eigenvalue weighted by atomic mass is 10.1. The maximum Gasteiger partial charge on any atom is 0.259 e. The van der Waals surface area contributed by atoms with Gasteiger partial charge in [-0.2, -0.15) is 0 Å². The smallest absolute Gasteiger partial charge is 0.259 e. The van der Waals surface area contributed by atoms with Crippen LogP contribution in [-0.4, -0.2) is 51.5 Å². The number of aliphatic imine (C=N–C) groups is 2. The zero-order chi connectivity index (χ0) is 24.9. The van der Waals surface area contributed by atoms with E-state index in [9.17, 15) is 18.8 Å². The molecule has 2 atom stereocenters. The summed E-state index contributed by atoms with van der Waals surface area (Å²) in [5.74, 6) is -0.665. The third kappa shape index (κ3) is 5.76. The van der Waals surface area contributed by atoms with Crippen LogP contribution in [0.5, 0.6) is 0 Å². The Balaban J connectivity index is 1.46. The fourth-order valence-corrected chi connectivity index (χ4v) is 4.44. The van der Waals surface area contributed by atoms with Crippen LogP contribution >= 0.6 is 11.8 Å². The van der Waals surface area contributed by atoms with Crippen molar-refractivity contribution in [3.05, 3.63) is 65.5 Å². The molecule has 0 fully saturated rings. The van der Waals surface area contributed by atoms with Gasteiger partial charge >= 0.3 is 0 Å². The second kappa shape index (κ2) is 10.8. The summed E-state index contributed by atoms with van der Waals surface area (Å²) in [5, 5.41) is 6.02. The highest BCUT2D eigenvalue weighted by atomic mass is 32.2.